The standard InChI is InChI=1S/C20H18FN3O/c21-14-4-9-17-18(20(25)23-19(17)12-14)13-22-15-5-7-16(8-6-15)24-10-2-1-3-11-24/h1-2,4-9,12-13,23,25H,3,10-11H2. The Hall–Kier alpha value is -3.08. The second kappa shape index (κ2) is 6.43. The molecule has 126 valence electrons. The molecule has 0 atom stereocenters. The highest BCUT2D eigenvalue weighted by Gasteiger charge is 2.10. The van der Waals surface area contributed by atoms with E-state index in [-0.39, 0.29) is 11.7 Å². The zero-order valence-corrected chi connectivity index (χ0v) is 13.6. The number of hydrogen-bond donors (Lipinski definition) is 2. The number of aliphatic imine (C=N–C) groups is 1. The predicted molar refractivity (Wildman–Crippen MR) is 99.6 cm³/mol. The number of aromatic amines is 1. The summed E-state index contributed by atoms with van der Waals surface area (Å²) < 4.78 is 13.3. The number of anilines is 1. The summed E-state index contributed by atoms with van der Waals surface area (Å²) in [6.07, 6.45) is 7.05. The first-order valence-corrected chi connectivity index (χ1v) is 8.25. The maximum absolute atomic E-state index is 13.3. The topological polar surface area (TPSA) is 51.6 Å². The van der Waals surface area contributed by atoms with Crippen molar-refractivity contribution in [3.8, 4) is 5.88 Å². The Morgan fingerprint density at radius 3 is 2.72 bits per heavy atom. The quantitative estimate of drug-likeness (QED) is 0.546. The molecular weight excluding hydrogens is 317 g/mol. The van der Waals surface area contributed by atoms with Gasteiger partial charge < -0.3 is 15.0 Å². The molecule has 0 saturated carbocycles. The highest BCUT2D eigenvalue weighted by Crippen LogP contribution is 2.27. The van der Waals surface area contributed by atoms with Gasteiger partial charge in [0.05, 0.1) is 16.8 Å². The SMILES string of the molecule is Oc1[nH]c2cc(F)ccc2c1C=Nc1ccc(N2CC=CCC2)cc1. The van der Waals surface area contributed by atoms with E-state index in [0.717, 1.165) is 30.6 Å². The van der Waals surface area contributed by atoms with Crippen molar-refractivity contribution in [2.45, 2.75) is 6.42 Å². The monoisotopic (exact) mass is 335 g/mol. The summed E-state index contributed by atoms with van der Waals surface area (Å²) in [7, 11) is 0. The van der Waals surface area contributed by atoms with E-state index in [4.69, 9.17) is 0 Å². The third-order valence-electron chi connectivity index (χ3n) is 4.40. The third kappa shape index (κ3) is 3.13. The lowest BCUT2D eigenvalue weighted by molar-refractivity contribution is 0.457. The Morgan fingerprint density at radius 2 is 1.96 bits per heavy atom. The van der Waals surface area contributed by atoms with Crippen LogP contribution in [0.3, 0.4) is 0 Å². The van der Waals surface area contributed by atoms with Crippen LogP contribution in [-0.2, 0) is 0 Å². The summed E-state index contributed by atoms with van der Waals surface area (Å²) in [4.78, 5) is 9.52. The largest absolute Gasteiger partial charge is 0.494 e. The molecule has 1 aromatic heterocycles. The molecule has 5 heteroatoms. The van der Waals surface area contributed by atoms with Gasteiger partial charge in [-0.2, -0.15) is 0 Å². The number of rotatable bonds is 3. The van der Waals surface area contributed by atoms with Crippen molar-refractivity contribution in [1.29, 1.82) is 0 Å². The molecule has 0 bridgehead atoms. The van der Waals surface area contributed by atoms with Gasteiger partial charge in [-0.25, -0.2) is 4.39 Å². The predicted octanol–water partition coefficient (Wildman–Crippen LogP) is 4.53. The number of nitrogens with zero attached hydrogens (tertiary/aromatic N) is 2. The lowest BCUT2D eigenvalue weighted by atomic mass is 10.2. The second-order valence-corrected chi connectivity index (χ2v) is 6.06. The Morgan fingerprint density at radius 1 is 1.12 bits per heavy atom. The molecule has 0 spiro atoms. The molecule has 0 fully saturated rings. The van der Waals surface area contributed by atoms with Gasteiger partial charge in [0.2, 0.25) is 0 Å². The normalized spacial score (nSPS) is 14.7. The fourth-order valence-corrected chi connectivity index (χ4v) is 3.07. The van der Waals surface area contributed by atoms with E-state index >= 15 is 0 Å². The molecule has 4 rings (SSSR count). The first-order valence-electron chi connectivity index (χ1n) is 8.25. The number of nitrogens with one attached hydrogen (secondary N) is 1. The molecule has 0 amide bonds. The van der Waals surface area contributed by atoms with Gasteiger partial charge in [0.1, 0.15) is 5.82 Å². The Labute approximate surface area is 144 Å². The molecule has 1 aliphatic heterocycles. The third-order valence-corrected chi connectivity index (χ3v) is 4.40. The summed E-state index contributed by atoms with van der Waals surface area (Å²) in [5.41, 5.74) is 3.08. The Bertz CT molecular complexity index is 957. The van der Waals surface area contributed by atoms with Crippen LogP contribution in [0.2, 0.25) is 0 Å². The molecule has 0 unspecified atom stereocenters. The average Bonchev–Trinajstić information content (AvgIpc) is 2.95. The number of benzene rings is 2. The lowest BCUT2D eigenvalue weighted by Gasteiger charge is -2.25. The minimum absolute atomic E-state index is 0.0129. The minimum atomic E-state index is -0.347. The number of halogens is 1. The van der Waals surface area contributed by atoms with Crippen LogP contribution in [0.4, 0.5) is 15.8 Å². The molecule has 2 aromatic carbocycles. The molecule has 0 radical (unpaired) electrons. The van der Waals surface area contributed by atoms with E-state index in [1.807, 2.05) is 12.1 Å². The van der Waals surface area contributed by atoms with Crippen molar-refractivity contribution >= 4 is 28.5 Å². The van der Waals surface area contributed by atoms with E-state index in [2.05, 4.69) is 39.2 Å². The van der Waals surface area contributed by atoms with E-state index in [9.17, 15) is 9.50 Å². The van der Waals surface area contributed by atoms with Crippen LogP contribution in [0.5, 0.6) is 5.88 Å². The molecule has 2 heterocycles. The van der Waals surface area contributed by atoms with Crippen LogP contribution >= 0.6 is 0 Å². The fourth-order valence-electron chi connectivity index (χ4n) is 3.07. The van der Waals surface area contributed by atoms with E-state index in [0.29, 0.717) is 11.1 Å². The van der Waals surface area contributed by atoms with Gasteiger partial charge in [0, 0.05) is 30.4 Å². The molecule has 0 saturated heterocycles. The fraction of sp³-hybridized carbons (Fsp3) is 0.150. The summed E-state index contributed by atoms with van der Waals surface area (Å²) in [6.45, 7) is 1.96. The Balaban J connectivity index is 1.57. The molecular formula is C20H18FN3O. The molecule has 1 aliphatic rings. The summed E-state index contributed by atoms with van der Waals surface area (Å²) in [5, 5.41) is 10.8. The number of aromatic nitrogens is 1. The van der Waals surface area contributed by atoms with Crippen LogP contribution < -0.4 is 4.90 Å². The second-order valence-electron chi connectivity index (χ2n) is 6.06. The molecule has 25 heavy (non-hydrogen) atoms. The van der Waals surface area contributed by atoms with E-state index in [1.165, 1.54) is 17.8 Å². The van der Waals surface area contributed by atoms with Gasteiger partial charge in [-0.1, -0.05) is 12.2 Å². The van der Waals surface area contributed by atoms with Gasteiger partial charge in [-0.15, -0.1) is 0 Å². The van der Waals surface area contributed by atoms with Crippen molar-refractivity contribution in [1.82, 2.24) is 4.98 Å². The van der Waals surface area contributed by atoms with Crippen LogP contribution in [0.25, 0.3) is 10.9 Å². The summed E-state index contributed by atoms with van der Waals surface area (Å²) in [5.74, 6) is -0.360. The maximum atomic E-state index is 13.3. The van der Waals surface area contributed by atoms with Crippen LogP contribution in [0.15, 0.2) is 59.6 Å². The number of H-pyrrole nitrogens is 1. The molecule has 4 nitrogen and oxygen atoms in total. The van der Waals surface area contributed by atoms with Crippen LogP contribution in [0, 0.1) is 5.82 Å². The lowest BCUT2D eigenvalue weighted by Crippen LogP contribution is -2.26. The smallest absolute Gasteiger partial charge is 0.198 e. The van der Waals surface area contributed by atoms with Crippen molar-refractivity contribution in [3.05, 3.63) is 66.0 Å². The highest BCUT2D eigenvalue weighted by atomic mass is 19.1. The van der Waals surface area contributed by atoms with Crippen molar-refractivity contribution in [2.75, 3.05) is 18.0 Å². The zero-order valence-electron chi connectivity index (χ0n) is 13.6. The van der Waals surface area contributed by atoms with Crippen molar-refractivity contribution in [3.63, 3.8) is 0 Å². The van der Waals surface area contributed by atoms with E-state index in [1.54, 1.807) is 12.3 Å². The highest BCUT2D eigenvalue weighted by molar-refractivity contribution is 6.02. The number of fused-ring (bicyclic) bond motifs is 1. The first-order chi connectivity index (χ1) is 12.2. The van der Waals surface area contributed by atoms with Crippen LogP contribution in [0.1, 0.15) is 12.0 Å². The van der Waals surface area contributed by atoms with Crippen LogP contribution in [-0.4, -0.2) is 29.4 Å². The van der Waals surface area contributed by atoms with Gasteiger partial charge in [0.15, 0.2) is 5.88 Å². The molecule has 2 N–H and O–H groups in total. The van der Waals surface area contributed by atoms with Gasteiger partial charge in [0.25, 0.3) is 0 Å². The number of hydrogen-bond acceptors (Lipinski definition) is 3. The first kappa shape index (κ1) is 15.4. The van der Waals surface area contributed by atoms with Gasteiger partial charge in [-0.3, -0.25) is 4.99 Å². The van der Waals surface area contributed by atoms with Gasteiger partial charge in [-0.05, 0) is 48.9 Å². The van der Waals surface area contributed by atoms with Gasteiger partial charge >= 0.3 is 0 Å². The van der Waals surface area contributed by atoms with Crippen molar-refractivity contribution in [2.24, 2.45) is 4.99 Å². The summed E-state index contributed by atoms with van der Waals surface area (Å²) >= 11 is 0. The van der Waals surface area contributed by atoms with E-state index < -0.39 is 0 Å². The average molecular weight is 335 g/mol. The maximum Gasteiger partial charge on any atom is 0.198 e. The Kier molecular flexibility index (Phi) is 3.98. The van der Waals surface area contributed by atoms with Crippen molar-refractivity contribution < 1.29 is 9.50 Å². The molecule has 3 aromatic rings. The summed E-state index contributed by atoms with van der Waals surface area (Å²) in [6, 6.07) is 12.4. The number of aromatic hydroxyl groups is 1. The zero-order chi connectivity index (χ0) is 17.2. The minimum Gasteiger partial charge on any atom is -0.494 e. The molecule has 0 aliphatic carbocycles.